The van der Waals surface area contributed by atoms with E-state index in [-0.39, 0.29) is 22.4 Å². The van der Waals surface area contributed by atoms with E-state index in [9.17, 15) is 24.5 Å². The minimum absolute atomic E-state index is 0.121. The van der Waals surface area contributed by atoms with Crippen molar-refractivity contribution in [1.29, 1.82) is 0 Å². The number of benzene rings is 3. The van der Waals surface area contributed by atoms with Crippen molar-refractivity contribution in [2.75, 3.05) is 10.2 Å². The lowest BCUT2D eigenvalue weighted by Gasteiger charge is -2.13. The average molecular weight is 387 g/mol. The van der Waals surface area contributed by atoms with Crippen LogP contribution in [0.4, 0.5) is 17.1 Å². The lowest BCUT2D eigenvalue weighted by Crippen LogP contribution is -2.29. The van der Waals surface area contributed by atoms with Crippen molar-refractivity contribution < 1.29 is 19.3 Å². The van der Waals surface area contributed by atoms with Crippen LogP contribution < -0.4 is 10.2 Å². The minimum Gasteiger partial charge on any atom is -0.322 e. The van der Waals surface area contributed by atoms with Crippen LogP contribution in [0.1, 0.15) is 31.1 Å². The second kappa shape index (κ2) is 7.01. The molecule has 0 radical (unpaired) electrons. The summed E-state index contributed by atoms with van der Waals surface area (Å²) < 4.78 is 0. The number of fused-ring (bicyclic) bond motifs is 1. The topological polar surface area (TPSA) is 110 Å². The number of imide groups is 1. The Morgan fingerprint density at radius 2 is 1.52 bits per heavy atom. The van der Waals surface area contributed by atoms with Crippen LogP contribution in [0.15, 0.2) is 72.8 Å². The molecule has 0 atom stereocenters. The van der Waals surface area contributed by atoms with Gasteiger partial charge in [-0.05, 0) is 42.5 Å². The minimum atomic E-state index is -0.552. The number of nitrogens with one attached hydrogen (secondary N) is 1. The largest absolute Gasteiger partial charge is 0.322 e. The maximum atomic E-state index is 12.7. The predicted octanol–water partition coefficient (Wildman–Crippen LogP) is 3.65. The standard InChI is InChI=1S/C21H13N3O5/c25-19(13-6-9-16(10-7-13)24(28)29)22-14-8-11-17-18(12-14)21(27)23(20(17)26)15-4-2-1-3-5-15/h1-12H,(H,22,25). The second-order valence-electron chi connectivity index (χ2n) is 6.30. The van der Waals surface area contributed by atoms with E-state index in [0.717, 1.165) is 4.90 Å². The van der Waals surface area contributed by atoms with Gasteiger partial charge in [-0.2, -0.15) is 0 Å². The Morgan fingerprint density at radius 1 is 0.862 bits per heavy atom. The SMILES string of the molecule is O=C(Nc1ccc2c(c1)C(=O)N(c1ccccc1)C2=O)c1ccc([N+](=O)[O-])cc1. The maximum absolute atomic E-state index is 12.7. The van der Waals surface area contributed by atoms with Crippen molar-refractivity contribution in [2.24, 2.45) is 0 Å². The fraction of sp³-hybridized carbons (Fsp3) is 0. The summed E-state index contributed by atoms with van der Waals surface area (Å²) in [6.07, 6.45) is 0. The van der Waals surface area contributed by atoms with E-state index in [1.54, 1.807) is 30.3 Å². The van der Waals surface area contributed by atoms with E-state index in [1.807, 2.05) is 0 Å². The van der Waals surface area contributed by atoms with Crippen LogP contribution in [0.2, 0.25) is 0 Å². The number of carbonyl (C=O) groups excluding carboxylic acids is 3. The number of hydrogen-bond donors (Lipinski definition) is 1. The van der Waals surface area contributed by atoms with Crippen molar-refractivity contribution in [2.45, 2.75) is 0 Å². The summed E-state index contributed by atoms with van der Waals surface area (Å²) in [7, 11) is 0. The van der Waals surface area contributed by atoms with Crippen LogP contribution in [0, 0.1) is 10.1 Å². The first-order valence-corrected chi connectivity index (χ1v) is 8.59. The number of anilines is 2. The van der Waals surface area contributed by atoms with Crippen molar-refractivity contribution in [3.05, 3.63) is 99.6 Å². The molecule has 0 saturated carbocycles. The maximum Gasteiger partial charge on any atom is 0.269 e. The molecular weight excluding hydrogens is 374 g/mol. The van der Waals surface area contributed by atoms with Crippen LogP contribution in [-0.2, 0) is 0 Å². The van der Waals surface area contributed by atoms with Gasteiger partial charge in [0, 0.05) is 23.4 Å². The third-order valence-corrected chi connectivity index (χ3v) is 4.50. The Labute approximate surface area is 164 Å². The highest BCUT2D eigenvalue weighted by Crippen LogP contribution is 2.30. The molecule has 3 aromatic carbocycles. The molecule has 8 heteroatoms. The highest BCUT2D eigenvalue weighted by Gasteiger charge is 2.36. The van der Waals surface area contributed by atoms with Gasteiger partial charge >= 0.3 is 0 Å². The molecule has 0 aliphatic carbocycles. The summed E-state index contributed by atoms with van der Waals surface area (Å²) in [5, 5.41) is 13.3. The third-order valence-electron chi connectivity index (χ3n) is 4.50. The molecule has 1 N–H and O–H groups in total. The number of nitrogens with zero attached hydrogens (tertiary/aromatic N) is 2. The molecule has 0 spiro atoms. The Morgan fingerprint density at radius 3 is 2.17 bits per heavy atom. The van der Waals surface area contributed by atoms with Gasteiger partial charge < -0.3 is 5.32 Å². The number of para-hydroxylation sites is 1. The average Bonchev–Trinajstić information content (AvgIpc) is 2.98. The molecule has 0 bridgehead atoms. The fourth-order valence-corrected chi connectivity index (χ4v) is 3.07. The first-order valence-electron chi connectivity index (χ1n) is 8.59. The summed E-state index contributed by atoms with van der Waals surface area (Å²) in [6.45, 7) is 0. The molecule has 4 rings (SSSR count). The van der Waals surface area contributed by atoms with Crippen molar-refractivity contribution in [3.8, 4) is 0 Å². The number of rotatable bonds is 4. The van der Waals surface area contributed by atoms with Crippen molar-refractivity contribution in [3.63, 3.8) is 0 Å². The Bertz CT molecular complexity index is 1160. The van der Waals surface area contributed by atoms with Crippen LogP contribution in [-0.4, -0.2) is 22.6 Å². The molecule has 1 aliphatic heterocycles. The van der Waals surface area contributed by atoms with Gasteiger partial charge in [0.25, 0.3) is 23.4 Å². The number of amides is 3. The van der Waals surface area contributed by atoms with Gasteiger partial charge in [-0.3, -0.25) is 24.5 Å². The van der Waals surface area contributed by atoms with Crippen molar-refractivity contribution in [1.82, 2.24) is 0 Å². The van der Waals surface area contributed by atoms with Gasteiger partial charge in [-0.1, -0.05) is 18.2 Å². The Kier molecular flexibility index (Phi) is 4.36. The van der Waals surface area contributed by atoms with E-state index in [0.29, 0.717) is 11.4 Å². The number of hydrogen-bond acceptors (Lipinski definition) is 5. The molecule has 0 aromatic heterocycles. The first kappa shape index (κ1) is 18.1. The van der Waals surface area contributed by atoms with Gasteiger partial charge in [-0.15, -0.1) is 0 Å². The Hall–Kier alpha value is -4.33. The molecule has 142 valence electrons. The van der Waals surface area contributed by atoms with E-state index >= 15 is 0 Å². The Balaban J connectivity index is 1.58. The predicted molar refractivity (Wildman–Crippen MR) is 105 cm³/mol. The van der Waals surface area contributed by atoms with Gasteiger partial charge in [0.1, 0.15) is 0 Å². The number of carbonyl (C=O) groups is 3. The molecule has 0 unspecified atom stereocenters. The van der Waals surface area contributed by atoms with E-state index in [4.69, 9.17) is 0 Å². The zero-order valence-corrected chi connectivity index (χ0v) is 14.9. The summed E-state index contributed by atoms with van der Waals surface area (Å²) in [4.78, 5) is 49.0. The zero-order chi connectivity index (χ0) is 20.5. The van der Waals surface area contributed by atoms with E-state index in [1.165, 1.54) is 42.5 Å². The van der Waals surface area contributed by atoms with Gasteiger partial charge in [-0.25, -0.2) is 4.90 Å². The molecule has 3 amide bonds. The molecule has 0 saturated heterocycles. The third kappa shape index (κ3) is 3.23. The lowest BCUT2D eigenvalue weighted by molar-refractivity contribution is -0.384. The smallest absolute Gasteiger partial charge is 0.269 e. The molecule has 1 aliphatic rings. The monoisotopic (exact) mass is 387 g/mol. The molecule has 8 nitrogen and oxygen atoms in total. The highest BCUT2D eigenvalue weighted by molar-refractivity contribution is 6.34. The summed E-state index contributed by atoms with van der Waals surface area (Å²) in [5.41, 5.74) is 1.36. The number of nitro groups is 1. The molecule has 0 fully saturated rings. The van der Waals surface area contributed by atoms with Gasteiger partial charge in [0.2, 0.25) is 0 Å². The highest BCUT2D eigenvalue weighted by atomic mass is 16.6. The van der Waals surface area contributed by atoms with Crippen LogP contribution >= 0.6 is 0 Å². The summed E-state index contributed by atoms with van der Waals surface area (Å²) in [6, 6.07) is 18.2. The fourth-order valence-electron chi connectivity index (χ4n) is 3.07. The van der Waals surface area contributed by atoms with Crippen LogP contribution in [0.3, 0.4) is 0 Å². The summed E-state index contributed by atoms with van der Waals surface area (Å²) in [5.74, 6) is -1.39. The quantitative estimate of drug-likeness (QED) is 0.417. The van der Waals surface area contributed by atoms with Crippen LogP contribution in [0.25, 0.3) is 0 Å². The number of non-ortho nitro benzene ring substituents is 1. The summed E-state index contributed by atoms with van der Waals surface area (Å²) >= 11 is 0. The molecule has 1 heterocycles. The van der Waals surface area contributed by atoms with E-state index < -0.39 is 22.6 Å². The first-order chi connectivity index (χ1) is 14.0. The van der Waals surface area contributed by atoms with Gasteiger partial charge in [0.05, 0.1) is 21.7 Å². The molecule has 29 heavy (non-hydrogen) atoms. The van der Waals surface area contributed by atoms with Gasteiger partial charge in [0.15, 0.2) is 0 Å². The van der Waals surface area contributed by atoms with E-state index in [2.05, 4.69) is 5.32 Å². The second-order valence-corrected chi connectivity index (χ2v) is 6.30. The molecular formula is C21H13N3O5. The zero-order valence-electron chi connectivity index (χ0n) is 14.9. The molecule has 3 aromatic rings. The normalized spacial score (nSPS) is 12.6. The van der Waals surface area contributed by atoms with Crippen LogP contribution in [0.5, 0.6) is 0 Å². The number of nitro benzene ring substituents is 1. The van der Waals surface area contributed by atoms with Crippen molar-refractivity contribution >= 4 is 34.8 Å². The lowest BCUT2D eigenvalue weighted by atomic mass is 10.1.